The van der Waals surface area contributed by atoms with Gasteiger partial charge < -0.3 is 20.5 Å². The van der Waals surface area contributed by atoms with Crippen LogP contribution in [0.1, 0.15) is 21.7 Å². The van der Waals surface area contributed by atoms with Crippen LogP contribution in [0.4, 0.5) is 0 Å². The fourth-order valence-corrected chi connectivity index (χ4v) is 2.76. The van der Waals surface area contributed by atoms with Gasteiger partial charge in [-0.25, -0.2) is 4.79 Å². The lowest BCUT2D eigenvalue weighted by Gasteiger charge is -2.07. The van der Waals surface area contributed by atoms with E-state index in [4.69, 9.17) is 9.84 Å². The summed E-state index contributed by atoms with van der Waals surface area (Å²) < 4.78 is 5.05. The first-order valence-electron chi connectivity index (χ1n) is 8.06. The number of rotatable bonds is 10. The first-order valence-corrected chi connectivity index (χ1v) is 8.94. The lowest BCUT2D eigenvalue weighted by atomic mass is 10.1. The molecule has 1 aromatic carbocycles. The van der Waals surface area contributed by atoms with Gasteiger partial charge in [0.15, 0.2) is 6.61 Å². The quantitative estimate of drug-likeness (QED) is 0.585. The van der Waals surface area contributed by atoms with E-state index in [0.29, 0.717) is 23.6 Å². The Morgan fingerprint density at radius 3 is 2.46 bits per heavy atom. The summed E-state index contributed by atoms with van der Waals surface area (Å²) in [6.45, 7) is 0.393. The summed E-state index contributed by atoms with van der Waals surface area (Å²) in [6, 6.07) is 10.6. The average molecular weight is 376 g/mol. The van der Waals surface area contributed by atoms with Crippen LogP contribution in [0.15, 0.2) is 41.8 Å². The third-order valence-corrected chi connectivity index (χ3v) is 4.27. The number of benzene rings is 1. The number of nitrogens with one attached hydrogen (secondary N) is 2. The van der Waals surface area contributed by atoms with Gasteiger partial charge in [-0.3, -0.25) is 9.59 Å². The Hall–Kier alpha value is -2.87. The van der Waals surface area contributed by atoms with Crippen molar-refractivity contribution in [1.29, 1.82) is 0 Å². The molecule has 0 aliphatic carbocycles. The summed E-state index contributed by atoms with van der Waals surface area (Å²) in [6.07, 6.45) is 0.867. The summed E-state index contributed by atoms with van der Waals surface area (Å²) in [4.78, 5) is 34.5. The summed E-state index contributed by atoms with van der Waals surface area (Å²) in [5.41, 5.74) is 0.999. The van der Waals surface area contributed by atoms with Crippen molar-refractivity contribution in [3.63, 3.8) is 0 Å². The van der Waals surface area contributed by atoms with Crippen LogP contribution in [0.2, 0.25) is 0 Å². The largest absolute Gasteiger partial charge is 0.482 e. The molecule has 2 aromatic rings. The molecule has 0 unspecified atom stereocenters. The number of thiophene rings is 1. The van der Waals surface area contributed by atoms with E-state index in [9.17, 15) is 14.4 Å². The van der Waals surface area contributed by atoms with E-state index in [0.717, 1.165) is 5.56 Å². The zero-order chi connectivity index (χ0) is 18.8. The van der Waals surface area contributed by atoms with E-state index >= 15 is 0 Å². The van der Waals surface area contributed by atoms with E-state index < -0.39 is 5.97 Å². The standard InChI is InChI=1S/C18H20N2O5S/c21-16(8-10-20-18(24)15-2-1-11-26-15)19-9-7-13-3-5-14(6-4-13)25-12-17(22)23/h1-6,11H,7-10,12H2,(H,19,21)(H,20,24)(H,22,23). The monoisotopic (exact) mass is 376 g/mol. The summed E-state index contributed by atoms with van der Waals surface area (Å²) in [5, 5.41) is 15.9. The minimum atomic E-state index is -1.02. The Labute approximate surface area is 155 Å². The van der Waals surface area contributed by atoms with E-state index in [1.807, 2.05) is 17.5 Å². The van der Waals surface area contributed by atoms with Crippen LogP contribution in [0, 0.1) is 0 Å². The summed E-state index contributed by atoms with van der Waals surface area (Å²) in [5.74, 6) is -0.832. The zero-order valence-electron chi connectivity index (χ0n) is 14.1. The first kappa shape index (κ1) is 19.5. The topological polar surface area (TPSA) is 105 Å². The molecular formula is C18H20N2O5S. The van der Waals surface area contributed by atoms with Crippen LogP contribution >= 0.6 is 11.3 Å². The van der Waals surface area contributed by atoms with Crippen molar-refractivity contribution in [2.24, 2.45) is 0 Å². The smallest absolute Gasteiger partial charge is 0.341 e. The highest BCUT2D eigenvalue weighted by atomic mass is 32.1. The van der Waals surface area contributed by atoms with Crippen molar-refractivity contribution in [2.45, 2.75) is 12.8 Å². The predicted molar refractivity (Wildman–Crippen MR) is 97.6 cm³/mol. The Morgan fingerprint density at radius 1 is 1.04 bits per heavy atom. The predicted octanol–water partition coefficient (Wildman–Crippen LogP) is 1.69. The Balaban J connectivity index is 1.60. The molecule has 0 bridgehead atoms. The number of amides is 2. The molecule has 0 saturated carbocycles. The highest BCUT2D eigenvalue weighted by Crippen LogP contribution is 2.12. The molecule has 0 atom stereocenters. The number of carbonyl (C=O) groups excluding carboxylic acids is 2. The van der Waals surface area contributed by atoms with Crippen LogP contribution < -0.4 is 15.4 Å². The molecule has 0 spiro atoms. The number of carboxylic acid groups (broad SMARTS) is 1. The van der Waals surface area contributed by atoms with E-state index in [-0.39, 0.29) is 31.4 Å². The first-order chi connectivity index (χ1) is 12.5. The molecule has 2 amide bonds. The molecule has 26 heavy (non-hydrogen) atoms. The van der Waals surface area contributed by atoms with Gasteiger partial charge in [-0.15, -0.1) is 11.3 Å². The normalized spacial score (nSPS) is 10.2. The second kappa shape index (κ2) is 10.2. The van der Waals surface area contributed by atoms with Crippen LogP contribution in [-0.2, 0) is 16.0 Å². The molecule has 0 fully saturated rings. The summed E-state index contributed by atoms with van der Waals surface area (Å²) in [7, 11) is 0. The van der Waals surface area contributed by atoms with E-state index in [1.54, 1.807) is 24.3 Å². The van der Waals surface area contributed by atoms with E-state index in [2.05, 4.69) is 10.6 Å². The zero-order valence-corrected chi connectivity index (χ0v) is 14.9. The average Bonchev–Trinajstić information content (AvgIpc) is 3.15. The second-order valence-corrected chi connectivity index (χ2v) is 6.36. The van der Waals surface area contributed by atoms with Gasteiger partial charge in [0.25, 0.3) is 5.91 Å². The Morgan fingerprint density at radius 2 is 1.81 bits per heavy atom. The Bertz CT molecular complexity index is 729. The van der Waals surface area contributed by atoms with Gasteiger partial charge >= 0.3 is 5.97 Å². The van der Waals surface area contributed by atoms with Crippen molar-refractivity contribution in [1.82, 2.24) is 10.6 Å². The van der Waals surface area contributed by atoms with Crippen LogP contribution in [0.5, 0.6) is 5.75 Å². The van der Waals surface area contributed by atoms with Gasteiger partial charge in [0.2, 0.25) is 5.91 Å². The number of hydrogen-bond donors (Lipinski definition) is 3. The van der Waals surface area contributed by atoms with Gasteiger partial charge in [0.05, 0.1) is 4.88 Å². The molecule has 1 heterocycles. The minimum absolute atomic E-state index is 0.127. The molecule has 0 aliphatic rings. The fourth-order valence-electron chi connectivity index (χ4n) is 2.12. The highest BCUT2D eigenvalue weighted by Gasteiger charge is 2.07. The number of carboxylic acids is 1. The molecular weight excluding hydrogens is 356 g/mol. The summed E-state index contributed by atoms with van der Waals surface area (Å²) >= 11 is 1.36. The molecule has 3 N–H and O–H groups in total. The molecule has 2 rings (SSSR count). The molecule has 7 nitrogen and oxygen atoms in total. The fraction of sp³-hybridized carbons (Fsp3) is 0.278. The van der Waals surface area contributed by atoms with Gasteiger partial charge in [0, 0.05) is 19.5 Å². The molecule has 1 aromatic heterocycles. The van der Waals surface area contributed by atoms with E-state index in [1.165, 1.54) is 11.3 Å². The van der Waals surface area contributed by atoms with Gasteiger partial charge in [-0.05, 0) is 35.6 Å². The SMILES string of the molecule is O=C(O)COc1ccc(CCNC(=O)CCNC(=O)c2cccs2)cc1. The molecule has 0 radical (unpaired) electrons. The third kappa shape index (κ3) is 6.94. The second-order valence-electron chi connectivity index (χ2n) is 5.41. The molecule has 0 saturated heterocycles. The van der Waals surface area contributed by atoms with Crippen molar-refractivity contribution >= 4 is 29.1 Å². The number of aliphatic carboxylic acids is 1. The van der Waals surface area contributed by atoms with Crippen molar-refractivity contribution in [2.75, 3.05) is 19.7 Å². The van der Waals surface area contributed by atoms with Crippen LogP contribution in [0.3, 0.4) is 0 Å². The van der Waals surface area contributed by atoms with Crippen LogP contribution in [0.25, 0.3) is 0 Å². The van der Waals surface area contributed by atoms with Crippen LogP contribution in [-0.4, -0.2) is 42.6 Å². The highest BCUT2D eigenvalue weighted by molar-refractivity contribution is 7.12. The third-order valence-electron chi connectivity index (χ3n) is 3.40. The van der Waals surface area contributed by atoms with Gasteiger partial charge in [-0.1, -0.05) is 18.2 Å². The van der Waals surface area contributed by atoms with Crippen molar-refractivity contribution in [3.05, 3.63) is 52.2 Å². The lowest BCUT2D eigenvalue weighted by molar-refractivity contribution is -0.139. The van der Waals surface area contributed by atoms with Gasteiger partial charge in [-0.2, -0.15) is 0 Å². The number of ether oxygens (including phenoxy) is 1. The maximum atomic E-state index is 11.8. The number of hydrogen-bond acceptors (Lipinski definition) is 5. The maximum absolute atomic E-state index is 11.8. The van der Waals surface area contributed by atoms with Crippen molar-refractivity contribution < 1.29 is 24.2 Å². The van der Waals surface area contributed by atoms with Gasteiger partial charge in [0.1, 0.15) is 5.75 Å². The lowest BCUT2D eigenvalue weighted by Crippen LogP contribution is -2.31. The molecule has 138 valence electrons. The Kier molecular flexibility index (Phi) is 7.63. The molecule has 8 heteroatoms. The minimum Gasteiger partial charge on any atom is -0.482 e. The van der Waals surface area contributed by atoms with Crippen molar-refractivity contribution in [3.8, 4) is 5.75 Å². The number of carbonyl (C=O) groups is 3. The molecule has 0 aliphatic heterocycles. The maximum Gasteiger partial charge on any atom is 0.341 e.